The predicted molar refractivity (Wildman–Crippen MR) is 112 cm³/mol. The number of amides is 1. The van der Waals surface area contributed by atoms with Crippen molar-refractivity contribution in [3.05, 3.63) is 42.7 Å². The summed E-state index contributed by atoms with van der Waals surface area (Å²) in [5, 5.41) is 2.43. The zero-order valence-corrected chi connectivity index (χ0v) is 17.8. The van der Waals surface area contributed by atoms with Gasteiger partial charge in [0, 0.05) is 12.4 Å². The van der Waals surface area contributed by atoms with E-state index in [1.807, 2.05) is 0 Å². The van der Waals surface area contributed by atoms with Crippen molar-refractivity contribution in [3.63, 3.8) is 0 Å². The minimum Gasteiger partial charge on any atom is -0.460 e. The number of anilines is 2. The maximum absolute atomic E-state index is 13.3. The third-order valence-corrected chi connectivity index (χ3v) is 4.59. The number of hydrogen-bond acceptors (Lipinski definition) is 5. The van der Waals surface area contributed by atoms with Crippen LogP contribution in [0.4, 0.5) is 24.5 Å². The number of rotatable bonds is 6. The van der Waals surface area contributed by atoms with Crippen molar-refractivity contribution in [2.24, 2.45) is 11.8 Å². The van der Waals surface area contributed by atoms with E-state index in [0.717, 1.165) is 18.1 Å². The van der Waals surface area contributed by atoms with Crippen molar-refractivity contribution in [2.45, 2.75) is 45.9 Å². The summed E-state index contributed by atoms with van der Waals surface area (Å²) < 4.78 is 45.1. The smallest absolute Gasteiger partial charge is 0.392 e. The van der Waals surface area contributed by atoms with E-state index in [2.05, 4.69) is 10.3 Å². The summed E-state index contributed by atoms with van der Waals surface area (Å²) in [6.45, 7) is 5.65. The third kappa shape index (κ3) is 6.97. The number of benzene rings is 1. The molecule has 0 aliphatic rings. The molecule has 6 nitrogen and oxygen atoms in total. The van der Waals surface area contributed by atoms with Crippen LogP contribution in [-0.4, -0.2) is 28.6 Å². The van der Waals surface area contributed by atoms with Crippen molar-refractivity contribution < 1.29 is 27.5 Å². The first-order valence-electron chi connectivity index (χ1n) is 9.67. The molecule has 1 amide bonds. The van der Waals surface area contributed by atoms with Gasteiger partial charge in [-0.3, -0.25) is 14.6 Å². The zero-order valence-electron chi connectivity index (χ0n) is 17.8. The van der Waals surface area contributed by atoms with Crippen LogP contribution in [-0.2, 0) is 14.3 Å². The Morgan fingerprint density at radius 1 is 1.10 bits per heavy atom. The second-order valence-electron chi connectivity index (χ2n) is 8.25. The van der Waals surface area contributed by atoms with Gasteiger partial charge in [-0.1, -0.05) is 13.0 Å². The normalized spacial score (nSPS) is 13.9. The number of pyridine rings is 1. The molecule has 9 heteroatoms. The summed E-state index contributed by atoms with van der Waals surface area (Å²) in [7, 11) is 0. The fraction of sp³-hybridized carbons (Fsp3) is 0.409. The van der Waals surface area contributed by atoms with Crippen LogP contribution in [0, 0.1) is 11.8 Å². The third-order valence-electron chi connectivity index (χ3n) is 4.59. The molecule has 1 heterocycles. The number of esters is 1. The number of carbonyl (C=O) groups is 2. The molecule has 0 bridgehead atoms. The Morgan fingerprint density at radius 2 is 1.71 bits per heavy atom. The molecule has 31 heavy (non-hydrogen) atoms. The standard InChI is InChI=1S/C22H26F3N3O3/c1-13(22(23,24)25)16(12-19(29)31-21(2,3)4)20(30)28-18-6-5-15(11-17(18)26)14-7-9-27-10-8-14/h5-11,13,16H,12,26H2,1-4H3,(H,28,30). The van der Waals surface area contributed by atoms with E-state index in [0.29, 0.717) is 0 Å². The predicted octanol–water partition coefficient (Wildman–Crippen LogP) is 4.82. The Morgan fingerprint density at radius 3 is 2.23 bits per heavy atom. The molecule has 0 fully saturated rings. The molecule has 0 aliphatic heterocycles. The Balaban J connectivity index is 2.23. The first-order chi connectivity index (χ1) is 14.3. The van der Waals surface area contributed by atoms with Gasteiger partial charge in [0.15, 0.2) is 0 Å². The van der Waals surface area contributed by atoms with Crippen LogP contribution in [0.3, 0.4) is 0 Å². The van der Waals surface area contributed by atoms with E-state index in [-0.39, 0.29) is 11.4 Å². The van der Waals surface area contributed by atoms with Crippen molar-refractivity contribution in [2.75, 3.05) is 11.1 Å². The molecule has 1 aromatic carbocycles. The SMILES string of the molecule is CC(C(CC(=O)OC(C)(C)C)C(=O)Nc1ccc(-c2ccncc2)cc1N)C(F)(F)F. The second kappa shape index (κ2) is 9.36. The Hall–Kier alpha value is -3.10. The average Bonchev–Trinajstić information content (AvgIpc) is 2.65. The van der Waals surface area contributed by atoms with Gasteiger partial charge in [0.2, 0.25) is 5.91 Å². The molecule has 0 saturated heterocycles. The van der Waals surface area contributed by atoms with Gasteiger partial charge < -0.3 is 15.8 Å². The molecule has 3 N–H and O–H groups in total. The van der Waals surface area contributed by atoms with Gasteiger partial charge in [0.25, 0.3) is 0 Å². The van der Waals surface area contributed by atoms with Gasteiger partial charge in [-0.05, 0) is 56.2 Å². The van der Waals surface area contributed by atoms with E-state index < -0.39 is 41.9 Å². The number of halogens is 3. The Labute approximate surface area is 179 Å². The highest BCUT2D eigenvalue weighted by molar-refractivity contribution is 5.97. The van der Waals surface area contributed by atoms with Crippen LogP contribution in [0.1, 0.15) is 34.1 Å². The number of nitrogens with one attached hydrogen (secondary N) is 1. The number of nitrogen functional groups attached to an aromatic ring is 1. The molecule has 0 aliphatic carbocycles. The quantitative estimate of drug-likeness (QED) is 0.499. The van der Waals surface area contributed by atoms with Gasteiger partial charge in [-0.15, -0.1) is 0 Å². The number of aromatic nitrogens is 1. The Bertz CT molecular complexity index is 925. The van der Waals surface area contributed by atoms with Crippen molar-refractivity contribution in [1.29, 1.82) is 0 Å². The van der Waals surface area contributed by atoms with Crippen molar-refractivity contribution in [3.8, 4) is 11.1 Å². The topological polar surface area (TPSA) is 94.3 Å². The molecule has 2 rings (SSSR count). The van der Waals surface area contributed by atoms with Gasteiger partial charge in [-0.25, -0.2) is 0 Å². The minimum absolute atomic E-state index is 0.159. The van der Waals surface area contributed by atoms with E-state index in [1.54, 1.807) is 57.4 Å². The summed E-state index contributed by atoms with van der Waals surface area (Å²) in [6, 6.07) is 8.33. The van der Waals surface area contributed by atoms with Crippen molar-refractivity contribution in [1.82, 2.24) is 4.98 Å². The fourth-order valence-electron chi connectivity index (χ4n) is 2.91. The van der Waals surface area contributed by atoms with E-state index in [1.165, 1.54) is 6.07 Å². The van der Waals surface area contributed by atoms with Gasteiger partial charge in [0.1, 0.15) is 5.60 Å². The van der Waals surface area contributed by atoms with Crippen LogP contribution >= 0.6 is 0 Å². The van der Waals surface area contributed by atoms with Crippen LogP contribution in [0.5, 0.6) is 0 Å². The summed E-state index contributed by atoms with van der Waals surface area (Å²) in [5.41, 5.74) is 7.06. The van der Waals surface area contributed by atoms with E-state index in [4.69, 9.17) is 10.5 Å². The number of nitrogens with zero attached hydrogens (tertiary/aromatic N) is 1. The van der Waals surface area contributed by atoms with Gasteiger partial charge in [-0.2, -0.15) is 13.2 Å². The van der Waals surface area contributed by atoms with Crippen LogP contribution < -0.4 is 11.1 Å². The Kier molecular flexibility index (Phi) is 7.30. The second-order valence-corrected chi connectivity index (χ2v) is 8.25. The number of carbonyl (C=O) groups excluding carboxylic acids is 2. The molecular weight excluding hydrogens is 411 g/mol. The molecule has 168 valence electrons. The lowest BCUT2D eigenvalue weighted by Gasteiger charge is -2.27. The van der Waals surface area contributed by atoms with Crippen LogP contribution in [0.15, 0.2) is 42.7 Å². The highest BCUT2D eigenvalue weighted by Gasteiger charge is 2.45. The van der Waals surface area contributed by atoms with Gasteiger partial charge in [0.05, 0.1) is 29.6 Å². The molecule has 0 saturated carbocycles. The monoisotopic (exact) mass is 437 g/mol. The van der Waals surface area contributed by atoms with E-state index >= 15 is 0 Å². The largest absolute Gasteiger partial charge is 0.460 e. The first-order valence-corrected chi connectivity index (χ1v) is 9.67. The lowest BCUT2D eigenvalue weighted by atomic mass is 9.89. The molecule has 2 aromatic rings. The highest BCUT2D eigenvalue weighted by atomic mass is 19.4. The van der Waals surface area contributed by atoms with Crippen LogP contribution in [0.2, 0.25) is 0 Å². The van der Waals surface area contributed by atoms with Gasteiger partial charge >= 0.3 is 12.1 Å². The highest BCUT2D eigenvalue weighted by Crippen LogP contribution is 2.35. The number of nitrogens with two attached hydrogens (primary N) is 1. The number of ether oxygens (including phenoxy) is 1. The average molecular weight is 437 g/mol. The summed E-state index contributed by atoms with van der Waals surface area (Å²) >= 11 is 0. The van der Waals surface area contributed by atoms with E-state index in [9.17, 15) is 22.8 Å². The summed E-state index contributed by atoms with van der Waals surface area (Å²) in [6.07, 6.45) is -2.15. The number of alkyl halides is 3. The zero-order chi connectivity index (χ0) is 23.4. The summed E-state index contributed by atoms with van der Waals surface area (Å²) in [5.74, 6) is -5.57. The summed E-state index contributed by atoms with van der Waals surface area (Å²) in [4.78, 5) is 28.8. The number of hydrogen-bond donors (Lipinski definition) is 2. The minimum atomic E-state index is -4.67. The molecule has 0 spiro atoms. The molecular formula is C22H26F3N3O3. The lowest BCUT2D eigenvalue weighted by Crippen LogP contribution is -2.38. The van der Waals surface area contributed by atoms with Crippen LogP contribution in [0.25, 0.3) is 11.1 Å². The molecule has 2 atom stereocenters. The first kappa shape index (κ1) is 24.2. The maximum atomic E-state index is 13.3. The van der Waals surface area contributed by atoms with Crippen molar-refractivity contribution >= 4 is 23.3 Å². The molecule has 0 radical (unpaired) electrons. The fourth-order valence-corrected chi connectivity index (χ4v) is 2.91. The lowest BCUT2D eigenvalue weighted by molar-refractivity contribution is -0.189. The molecule has 2 unspecified atom stereocenters. The molecule has 1 aromatic heterocycles. The maximum Gasteiger partial charge on any atom is 0.392 e.